The van der Waals surface area contributed by atoms with Crippen molar-refractivity contribution in [3.8, 4) is 0 Å². The fourth-order valence-electron chi connectivity index (χ4n) is 4.46. The number of methoxy groups -OCH3 is 1. The lowest BCUT2D eigenvalue weighted by Gasteiger charge is -2.46. The van der Waals surface area contributed by atoms with Crippen LogP contribution in [0, 0.1) is 11.8 Å². The molecule has 0 aromatic rings. The molecule has 10 nitrogen and oxygen atoms in total. The average molecular weight is 440 g/mol. The summed E-state index contributed by atoms with van der Waals surface area (Å²) in [7, 11) is 1.24. The highest BCUT2D eigenvalue weighted by atomic mass is 16.6. The van der Waals surface area contributed by atoms with Crippen molar-refractivity contribution in [1.29, 1.82) is 0 Å². The molecule has 0 bridgehead atoms. The van der Waals surface area contributed by atoms with E-state index in [1.54, 1.807) is 27.7 Å². The Morgan fingerprint density at radius 3 is 1.90 bits per heavy atom. The molecule has 1 fully saturated rings. The van der Waals surface area contributed by atoms with Gasteiger partial charge in [0, 0.05) is 11.8 Å². The number of likely N-dealkylation sites (tertiary alicyclic amines) is 1. The van der Waals surface area contributed by atoms with E-state index in [1.807, 2.05) is 4.90 Å². The van der Waals surface area contributed by atoms with Crippen LogP contribution >= 0.6 is 0 Å². The van der Waals surface area contributed by atoms with Gasteiger partial charge in [0.1, 0.15) is 11.8 Å². The molecule has 2 rings (SSSR count). The van der Waals surface area contributed by atoms with Gasteiger partial charge in [0.25, 0.3) is 5.54 Å². The zero-order chi connectivity index (χ0) is 23.2. The minimum Gasteiger partial charge on any atom is -0.468 e. The number of nitrogens with zero attached hydrogens (tertiary/aromatic N) is 2. The van der Waals surface area contributed by atoms with Crippen LogP contribution in [0.2, 0.25) is 0 Å². The fraction of sp³-hybridized carbons (Fsp3) is 0.762. The van der Waals surface area contributed by atoms with Gasteiger partial charge in [-0.1, -0.05) is 0 Å². The van der Waals surface area contributed by atoms with Crippen LogP contribution in [0.4, 0.5) is 0 Å². The van der Waals surface area contributed by atoms with E-state index in [0.29, 0.717) is 13.1 Å². The summed E-state index contributed by atoms with van der Waals surface area (Å²) in [5, 5.41) is 0. The van der Waals surface area contributed by atoms with Crippen LogP contribution in [0.1, 0.15) is 40.5 Å². The lowest BCUT2D eigenvalue weighted by atomic mass is 9.69. The predicted octanol–water partition coefficient (Wildman–Crippen LogP) is 0.759. The summed E-state index contributed by atoms with van der Waals surface area (Å²) < 4.78 is 20.7. The second-order valence-corrected chi connectivity index (χ2v) is 7.42. The van der Waals surface area contributed by atoms with Crippen LogP contribution in [-0.4, -0.2) is 86.1 Å². The lowest BCUT2D eigenvalue weighted by molar-refractivity contribution is -0.179. The highest BCUT2D eigenvalue weighted by Gasteiger charge is 2.67. The summed E-state index contributed by atoms with van der Waals surface area (Å²) in [6, 6.07) is -0.875. The van der Waals surface area contributed by atoms with Crippen LogP contribution in [0.25, 0.3) is 0 Å². The molecule has 0 radical (unpaired) electrons. The van der Waals surface area contributed by atoms with Crippen molar-refractivity contribution in [3.05, 3.63) is 0 Å². The van der Waals surface area contributed by atoms with Crippen molar-refractivity contribution in [2.45, 2.75) is 52.1 Å². The molecule has 0 spiro atoms. The van der Waals surface area contributed by atoms with Gasteiger partial charge in [0.15, 0.2) is 0 Å². The van der Waals surface area contributed by atoms with Crippen molar-refractivity contribution >= 4 is 29.6 Å². The minimum absolute atomic E-state index is 0.0232. The topological polar surface area (TPSA) is 121 Å². The first-order valence-corrected chi connectivity index (χ1v) is 10.7. The van der Waals surface area contributed by atoms with Gasteiger partial charge < -0.3 is 18.9 Å². The smallest absolute Gasteiger partial charge is 0.346 e. The molecule has 3 unspecified atom stereocenters. The molecule has 3 atom stereocenters. The van der Waals surface area contributed by atoms with Gasteiger partial charge in [-0.15, -0.1) is 0 Å². The lowest BCUT2D eigenvalue weighted by Crippen LogP contribution is -2.68. The van der Waals surface area contributed by atoms with E-state index in [9.17, 15) is 19.2 Å². The highest BCUT2D eigenvalue weighted by Crippen LogP contribution is 2.42. The third kappa shape index (κ3) is 4.58. The van der Waals surface area contributed by atoms with Crippen LogP contribution in [0.3, 0.4) is 0 Å². The molecule has 1 saturated heterocycles. The summed E-state index contributed by atoms with van der Waals surface area (Å²) in [5.41, 5.74) is -2.11. The van der Waals surface area contributed by atoms with E-state index in [4.69, 9.17) is 18.9 Å². The maximum Gasteiger partial charge on any atom is 0.346 e. The number of carbonyl (C=O) groups excluding carboxylic acids is 4. The summed E-state index contributed by atoms with van der Waals surface area (Å²) in [5.74, 6) is -5.80. The predicted molar refractivity (Wildman–Crippen MR) is 109 cm³/mol. The van der Waals surface area contributed by atoms with Gasteiger partial charge in [0.2, 0.25) is 0 Å². The molecule has 0 aromatic carbocycles. The van der Waals surface area contributed by atoms with E-state index in [2.05, 4.69) is 4.99 Å². The second-order valence-electron chi connectivity index (χ2n) is 7.42. The maximum atomic E-state index is 13.3. The highest BCUT2D eigenvalue weighted by molar-refractivity contribution is 6.14. The van der Waals surface area contributed by atoms with Crippen LogP contribution in [0.15, 0.2) is 4.99 Å². The second kappa shape index (κ2) is 10.7. The van der Waals surface area contributed by atoms with Gasteiger partial charge in [-0.2, -0.15) is 0 Å². The standard InChI is InChI=1S/C21H32N2O8/c1-6-29-18(25)15-16(23-11-9-10-12-23)14(17(24)28-5)13(4)22-21(15,19(26)30-7-2)20(27)31-8-3/h14-16H,6-12H2,1-5H3. The third-order valence-electron chi connectivity index (χ3n) is 5.67. The molecular weight excluding hydrogens is 408 g/mol. The molecule has 2 aliphatic rings. The largest absolute Gasteiger partial charge is 0.468 e. The van der Waals surface area contributed by atoms with Crippen molar-refractivity contribution in [3.63, 3.8) is 0 Å². The Balaban J connectivity index is 2.81. The average Bonchev–Trinajstić information content (AvgIpc) is 3.27. The molecule has 0 aromatic heterocycles. The van der Waals surface area contributed by atoms with Crippen molar-refractivity contribution in [2.24, 2.45) is 16.8 Å². The molecule has 0 aliphatic carbocycles. The molecule has 0 N–H and O–H groups in total. The van der Waals surface area contributed by atoms with E-state index in [0.717, 1.165) is 12.8 Å². The Kier molecular flexibility index (Phi) is 8.55. The number of carbonyl (C=O) groups is 4. The van der Waals surface area contributed by atoms with E-state index in [-0.39, 0.29) is 25.5 Å². The zero-order valence-electron chi connectivity index (χ0n) is 18.8. The SMILES string of the molecule is CCOC(=O)C1C(N2CCCC2)C(C(=O)OC)C(C)=NC1(C(=O)OCC)C(=O)OCC. The Morgan fingerprint density at radius 1 is 0.935 bits per heavy atom. The Morgan fingerprint density at radius 2 is 1.45 bits per heavy atom. The molecule has 0 amide bonds. The van der Waals surface area contributed by atoms with Gasteiger partial charge in [0.05, 0.1) is 26.9 Å². The molecule has 174 valence electrons. The monoisotopic (exact) mass is 440 g/mol. The summed E-state index contributed by atoms with van der Waals surface area (Å²) in [4.78, 5) is 58.8. The summed E-state index contributed by atoms with van der Waals surface area (Å²) in [6.45, 7) is 7.47. The molecule has 2 aliphatic heterocycles. The van der Waals surface area contributed by atoms with E-state index >= 15 is 0 Å². The Hall–Kier alpha value is -2.49. The number of hydrogen-bond donors (Lipinski definition) is 0. The van der Waals surface area contributed by atoms with Crippen LogP contribution in [-0.2, 0) is 38.1 Å². The molecule has 2 heterocycles. The van der Waals surface area contributed by atoms with Gasteiger partial charge in [-0.25, -0.2) is 9.59 Å². The van der Waals surface area contributed by atoms with Crippen molar-refractivity contribution in [2.75, 3.05) is 40.0 Å². The minimum atomic E-state index is -2.31. The van der Waals surface area contributed by atoms with Gasteiger partial charge in [-0.05, 0) is 53.6 Å². The van der Waals surface area contributed by atoms with Gasteiger partial charge in [-0.3, -0.25) is 19.5 Å². The van der Waals surface area contributed by atoms with Gasteiger partial charge >= 0.3 is 23.9 Å². The summed E-state index contributed by atoms with van der Waals surface area (Å²) in [6.07, 6.45) is 1.70. The Bertz CT molecular complexity index is 711. The Labute approximate surface area is 182 Å². The third-order valence-corrected chi connectivity index (χ3v) is 5.67. The van der Waals surface area contributed by atoms with E-state index in [1.165, 1.54) is 7.11 Å². The number of aliphatic imine (C=N–C) groups is 1. The molecular formula is C21H32N2O8. The van der Waals surface area contributed by atoms with Crippen LogP contribution in [0.5, 0.6) is 0 Å². The number of esters is 4. The molecule has 31 heavy (non-hydrogen) atoms. The fourth-order valence-corrected chi connectivity index (χ4v) is 4.46. The number of hydrogen-bond acceptors (Lipinski definition) is 10. The first-order chi connectivity index (χ1) is 14.8. The summed E-state index contributed by atoms with van der Waals surface area (Å²) >= 11 is 0. The van der Waals surface area contributed by atoms with Crippen molar-refractivity contribution < 1.29 is 38.1 Å². The van der Waals surface area contributed by atoms with Crippen molar-refractivity contribution in [1.82, 2.24) is 4.90 Å². The molecule has 0 saturated carbocycles. The normalized spacial score (nSPS) is 25.3. The quantitative estimate of drug-likeness (QED) is 0.306. The van der Waals surface area contributed by atoms with Crippen LogP contribution < -0.4 is 0 Å². The van der Waals surface area contributed by atoms with E-state index < -0.39 is 47.3 Å². The first-order valence-electron chi connectivity index (χ1n) is 10.7. The number of ether oxygens (including phenoxy) is 4. The molecule has 10 heteroatoms. The maximum absolute atomic E-state index is 13.3. The first kappa shape index (κ1) is 24.8. The zero-order valence-corrected chi connectivity index (χ0v) is 18.8. The number of rotatable bonds is 8.